The average molecular weight is 423 g/mol. The standard InChI is InChI=1S/C8H13N3O9P2S.2H3N/c9-5-1-2-11(8(12)10-5)6-4-23-7(19-6)3-18-22(16,17)20-21(13,14)15;;/h1-2,6-7H,3-4H2,(H,16,17)(H2,9,10,12)(H2,13,14,15);2*1H3/t6-,7+;;/m0../s1. The lowest BCUT2D eigenvalue weighted by Gasteiger charge is -2.27. The summed E-state index contributed by atoms with van der Waals surface area (Å²) in [5.41, 5.74) is 3.92. The molecule has 0 aromatic carbocycles. The third-order valence-corrected chi connectivity index (χ3v) is 5.65. The van der Waals surface area contributed by atoms with Gasteiger partial charge in [0.25, 0.3) is 15.6 Å². The first-order chi connectivity index (χ1) is 10.6. The van der Waals surface area contributed by atoms with E-state index in [4.69, 9.17) is 15.4 Å². The molecule has 4 atom stereocenters. The highest BCUT2D eigenvalue weighted by molar-refractivity contribution is 8.00. The Kier molecular flexibility index (Phi) is 8.90. The van der Waals surface area contributed by atoms with Crippen molar-refractivity contribution in [2.24, 2.45) is 0 Å². The fraction of sp³-hybridized carbons (Fsp3) is 0.500. The lowest BCUT2D eigenvalue weighted by Crippen LogP contribution is -2.28. The van der Waals surface area contributed by atoms with Crippen molar-refractivity contribution in [3.8, 4) is 0 Å². The van der Waals surface area contributed by atoms with E-state index in [9.17, 15) is 23.7 Å². The fourth-order valence-corrected chi connectivity index (χ4v) is 4.23. The van der Waals surface area contributed by atoms with Crippen LogP contribution in [0.5, 0.6) is 0 Å². The van der Waals surface area contributed by atoms with Gasteiger partial charge in [-0.1, -0.05) is 0 Å². The minimum absolute atomic E-state index is 0. The summed E-state index contributed by atoms with van der Waals surface area (Å²) in [4.78, 5) is 45.0. The van der Waals surface area contributed by atoms with E-state index >= 15 is 0 Å². The van der Waals surface area contributed by atoms with E-state index in [0.717, 1.165) is 16.3 Å². The molecule has 14 nitrogen and oxygen atoms in total. The number of hydrogen-bond donors (Lipinski definition) is 4. The molecule has 1 aliphatic rings. The van der Waals surface area contributed by atoms with Crippen molar-refractivity contribution in [3.05, 3.63) is 22.7 Å². The summed E-state index contributed by atoms with van der Waals surface area (Å²) >= 11 is 1.13. The van der Waals surface area contributed by atoms with Gasteiger partial charge in [-0.3, -0.25) is 13.7 Å². The molecule has 146 valence electrons. The molecule has 1 aliphatic heterocycles. The van der Waals surface area contributed by atoms with Gasteiger partial charge in [-0.05, 0) is 6.07 Å². The molecular formula is C8H19N5O9P2S. The number of anilines is 1. The van der Waals surface area contributed by atoms with Crippen LogP contribution < -0.4 is 33.5 Å². The van der Waals surface area contributed by atoms with Crippen LogP contribution in [0.1, 0.15) is 6.23 Å². The third kappa shape index (κ3) is 7.52. The molecule has 11 N–H and O–H groups in total. The number of ether oxygens (including phenoxy) is 1. The van der Waals surface area contributed by atoms with E-state index in [0.29, 0.717) is 5.75 Å². The summed E-state index contributed by atoms with van der Waals surface area (Å²) in [6.45, 7) is -0.570. The van der Waals surface area contributed by atoms with Crippen molar-refractivity contribution < 1.29 is 37.4 Å². The Balaban J connectivity index is 0.00000288. The summed E-state index contributed by atoms with van der Waals surface area (Å²) in [5.74, 6) is 0.344. The van der Waals surface area contributed by atoms with Crippen LogP contribution in [0.4, 0.5) is 5.82 Å². The Morgan fingerprint density at radius 1 is 1.48 bits per heavy atom. The number of rotatable bonds is 6. The second kappa shape index (κ2) is 9.21. The van der Waals surface area contributed by atoms with Crippen molar-refractivity contribution >= 4 is 33.2 Å². The van der Waals surface area contributed by atoms with E-state index in [-0.39, 0.29) is 18.1 Å². The van der Waals surface area contributed by atoms with Crippen molar-refractivity contribution in [2.75, 3.05) is 18.1 Å². The predicted molar refractivity (Wildman–Crippen MR) is 85.7 cm³/mol. The fourth-order valence-electron chi connectivity index (χ4n) is 1.62. The normalized spacial score (nSPS) is 24.4. The molecule has 0 aliphatic carbocycles. The largest absolute Gasteiger partial charge is 0.756 e. The van der Waals surface area contributed by atoms with Crippen molar-refractivity contribution in [1.82, 2.24) is 21.9 Å². The van der Waals surface area contributed by atoms with Crippen molar-refractivity contribution in [1.29, 1.82) is 0 Å². The van der Waals surface area contributed by atoms with Crippen LogP contribution in [0.3, 0.4) is 0 Å². The first-order valence-corrected chi connectivity index (χ1v) is 9.89. The zero-order valence-corrected chi connectivity index (χ0v) is 15.8. The molecule has 0 bridgehead atoms. The molecule has 25 heavy (non-hydrogen) atoms. The Bertz CT molecular complexity index is 726. The molecule has 0 amide bonds. The van der Waals surface area contributed by atoms with Gasteiger partial charge in [0.15, 0.2) is 0 Å². The third-order valence-electron chi connectivity index (χ3n) is 2.47. The lowest BCUT2D eigenvalue weighted by atomic mass is 10.5. The van der Waals surface area contributed by atoms with Gasteiger partial charge in [-0.25, -0.2) is 9.11 Å². The van der Waals surface area contributed by atoms with Gasteiger partial charge in [0.2, 0.25) is 0 Å². The SMILES string of the molecule is Nc1ccn([C@@H]2CS[C@H](COP(=O)([O-])OP(=O)([O-])O)O2)c(=O)n1.[NH4+].[NH4+]. The van der Waals surface area contributed by atoms with Gasteiger partial charge >= 0.3 is 5.69 Å². The smallest absolute Gasteiger partial charge is 0.351 e. The van der Waals surface area contributed by atoms with Crippen molar-refractivity contribution in [2.45, 2.75) is 11.7 Å². The second-order valence-corrected chi connectivity index (χ2v) is 8.12. The average Bonchev–Trinajstić information content (AvgIpc) is 2.82. The highest BCUT2D eigenvalue weighted by Gasteiger charge is 2.30. The number of phosphoric acid groups is 2. The minimum atomic E-state index is -5.48. The van der Waals surface area contributed by atoms with Gasteiger partial charge in [-0.15, -0.1) is 11.8 Å². The molecule has 1 fully saturated rings. The molecule has 1 aromatic heterocycles. The van der Waals surface area contributed by atoms with Crippen LogP contribution in [0.15, 0.2) is 17.1 Å². The molecular weight excluding hydrogens is 404 g/mol. The number of nitrogens with two attached hydrogens (primary N) is 1. The van der Waals surface area contributed by atoms with E-state index < -0.39 is 39.6 Å². The number of quaternary nitrogens is 2. The summed E-state index contributed by atoms with van der Waals surface area (Å²) in [6.07, 6.45) is 0.657. The maximum absolute atomic E-state index is 11.7. The first-order valence-electron chi connectivity index (χ1n) is 5.88. The second-order valence-electron chi connectivity index (χ2n) is 4.19. The van der Waals surface area contributed by atoms with Crippen LogP contribution >= 0.6 is 27.4 Å². The predicted octanol–water partition coefficient (Wildman–Crippen LogP) is -0.872. The van der Waals surface area contributed by atoms with E-state index in [1.165, 1.54) is 12.3 Å². The molecule has 1 aromatic rings. The zero-order valence-electron chi connectivity index (χ0n) is 13.2. The van der Waals surface area contributed by atoms with Gasteiger partial charge in [-0.2, -0.15) is 4.98 Å². The molecule has 17 heteroatoms. The highest BCUT2D eigenvalue weighted by atomic mass is 32.2. The molecule has 1 saturated heterocycles. The molecule has 0 radical (unpaired) electrons. The Morgan fingerprint density at radius 2 is 2.12 bits per heavy atom. The van der Waals surface area contributed by atoms with Gasteiger partial charge < -0.3 is 42.0 Å². The van der Waals surface area contributed by atoms with Gasteiger partial charge in [0.05, 0.1) is 6.61 Å². The van der Waals surface area contributed by atoms with Gasteiger partial charge in [0.1, 0.15) is 17.5 Å². The molecule has 2 heterocycles. The van der Waals surface area contributed by atoms with E-state index in [2.05, 4.69) is 13.8 Å². The van der Waals surface area contributed by atoms with Crippen molar-refractivity contribution in [3.63, 3.8) is 0 Å². The maximum atomic E-state index is 11.7. The summed E-state index contributed by atoms with van der Waals surface area (Å²) in [7, 11) is -10.7. The van der Waals surface area contributed by atoms with Crippen LogP contribution in [0.25, 0.3) is 0 Å². The number of nitrogen functional groups attached to an aromatic ring is 1. The molecule has 2 unspecified atom stereocenters. The highest BCUT2D eigenvalue weighted by Crippen LogP contribution is 2.52. The van der Waals surface area contributed by atoms with Crippen LogP contribution in [0, 0.1) is 0 Å². The number of thioether (sulfide) groups is 1. The number of phosphoric ester groups is 1. The molecule has 0 saturated carbocycles. The Hall–Kier alpha value is -0.830. The minimum Gasteiger partial charge on any atom is -0.756 e. The Morgan fingerprint density at radius 3 is 2.68 bits per heavy atom. The molecule has 2 rings (SSSR count). The first kappa shape index (κ1) is 24.2. The lowest BCUT2D eigenvalue weighted by molar-refractivity contribution is -0.241. The van der Waals surface area contributed by atoms with Crippen LogP contribution in [-0.2, 0) is 22.7 Å². The summed E-state index contributed by atoms with van der Waals surface area (Å²) < 4.78 is 35.8. The topological polar surface area (TPSA) is 262 Å². The number of aromatic nitrogens is 2. The zero-order chi connectivity index (χ0) is 17.3. The monoisotopic (exact) mass is 423 g/mol. The summed E-state index contributed by atoms with van der Waals surface area (Å²) in [6, 6.07) is 1.39. The quantitative estimate of drug-likeness (QED) is 0.407. The van der Waals surface area contributed by atoms with E-state index in [1.807, 2.05) is 0 Å². The molecule has 0 spiro atoms. The summed E-state index contributed by atoms with van der Waals surface area (Å²) in [5, 5.41) is 0. The van der Waals surface area contributed by atoms with Crippen LogP contribution in [-0.4, -0.2) is 32.2 Å². The number of nitrogens with zero attached hydrogens (tertiary/aromatic N) is 2. The Labute approximate surface area is 145 Å². The van der Waals surface area contributed by atoms with Gasteiger partial charge in [0, 0.05) is 11.9 Å². The van der Waals surface area contributed by atoms with Crippen LogP contribution in [0.2, 0.25) is 0 Å². The van der Waals surface area contributed by atoms with E-state index in [1.54, 1.807) is 0 Å². The number of hydrogen-bond acceptors (Lipinski definition) is 11. The maximum Gasteiger partial charge on any atom is 0.351 e.